The van der Waals surface area contributed by atoms with Crippen molar-refractivity contribution in [2.24, 2.45) is 12.5 Å². The van der Waals surface area contributed by atoms with Crippen LogP contribution in [0, 0.1) is 5.41 Å². The molecule has 136 valence electrons. The van der Waals surface area contributed by atoms with Crippen LogP contribution in [-0.2, 0) is 32.8 Å². The van der Waals surface area contributed by atoms with Crippen molar-refractivity contribution in [1.82, 2.24) is 14.5 Å². The number of carboxylic acids is 1. The maximum absolute atomic E-state index is 12.6. The molecule has 0 unspecified atom stereocenters. The first-order chi connectivity index (χ1) is 11.0. The normalized spacial score (nSPS) is 18.5. The Morgan fingerprint density at radius 3 is 2.50 bits per heavy atom. The molecule has 1 fully saturated rings. The minimum Gasteiger partial charge on any atom is -0.481 e. The summed E-state index contributed by atoms with van der Waals surface area (Å²) in [6, 6.07) is 0.403. The Morgan fingerprint density at radius 1 is 1.46 bits per heavy atom. The van der Waals surface area contributed by atoms with Gasteiger partial charge in [0.1, 0.15) is 0 Å². The van der Waals surface area contributed by atoms with Gasteiger partial charge in [0.2, 0.25) is 0 Å². The van der Waals surface area contributed by atoms with Gasteiger partial charge in [-0.2, -0.15) is 18.3 Å². The third-order valence-corrected chi connectivity index (χ3v) is 5.36. The molecule has 0 aromatic carbocycles. The topological polar surface area (TPSA) is 111 Å². The summed E-state index contributed by atoms with van der Waals surface area (Å²) in [5.74, 6) is -1.19. The molecule has 0 spiro atoms. The van der Waals surface area contributed by atoms with Gasteiger partial charge in [-0.3, -0.25) is 9.48 Å². The molecule has 2 rings (SSSR count). The van der Waals surface area contributed by atoms with Gasteiger partial charge in [-0.1, -0.05) is 0 Å². The van der Waals surface area contributed by atoms with Gasteiger partial charge < -0.3 is 9.84 Å². The number of nitrogens with one attached hydrogen (secondary N) is 1. The van der Waals surface area contributed by atoms with E-state index in [1.54, 1.807) is 0 Å². The molecule has 1 saturated heterocycles. The number of rotatable bonds is 5. The second-order valence-electron chi connectivity index (χ2n) is 5.51. The second kappa shape index (κ2) is 6.33. The van der Waals surface area contributed by atoms with Crippen LogP contribution >= 0.6 is 0 Å². The summed E-state index contributed by atoms with van der Waals surface area (Å²) < 4.78 is 70.1. The van der Waals surface area contributed by atoms with Gasteiger partial charge in [-0.05, 0) is 12.8 Å². The summed E-state index contributed by atoms with van der Waals surface area (Å²) in [5, 5.41) is 11.8. The predicted octanol–water partition coefficient (Wildman–Crippen LogP) is 0.599. The average Bonchev–Trinajstić information content (AvgIpc) is 2.89. The quantitative estimate of drug-likeness (QED) is 0.784. The first-order valence-electron chi connectivity index (χ1n) is 6.90. The van der Waals surface area contributed by atoms with Crippen molar-refractivity contribution in [2.45, 2.75) is 24.0 Å². The molecule has 12 heteroatoms. The lowest BCUT2D eigenvalue weighted by molar-refractivity contribution is -0.154. The van der Waals surface area contributed by atoms with E-state index in [9.17, 15) is 31.5 Å². The van der Waals surface area contributed by atoms with Gasteiger partial charge in [0.15, 0.2) is 10.7 Å². The molecule has 2 heterocycles. The van der Waals surface area contributed by atoms with E-state index in [1.807, 2.05) is 0 Å². The van der Waals surface area contributed by atoms with Crippen LogP contribution < -0.4 is 4.72 Å². The van der Waals surface area contributed by atoms with Gasteiger partial charge in [0, 0.05) is 32.9 Å². The number of alkyl halides is 3. The third kappa shape index (κ3) is 3.70. The fourth-order valence-corrected chi connectivity index (χ4v) is 3.65. The summed E-state index contributed by atoms with van der Waals surface area (Å²) in [6.45, 7) is -0.115. The lowest BCUT2D eigenvalue weighted by Gasteiger charge is -2.32. The summed E-state index contributed by atoms with van der Waals surface area (Å²) in [5.41, 5.74) is -2.69. The Labute approximate surface area is 135 Å². The molecule has 0 amide bonds. The number of halogens is 3. The third-order valence-electron chi connectivity index (χ3n) is 3.91. The summed E-state index contributed by atoms with van der Waals surface area (Å²) in [6.07, 6.45) is -4.58. The van der Waals surface area contributed by atoms with Crippen LogP contribution in [-0.4, -0.2) is 49.0 Å². The molecule has 1 aromatic rings. The largest absolute Gasteiger partial charge is 0.481 e. The predicted molar refractivity (Wildman–Crippen MR) is 73.5 cm³/mol. The second-order valence-corrected chi connectivity index (χ2v) is 7.23. The van der Waals surface area contributed by atoms with Crippen molar-refractivity contribution in [2.75, 3.05) is 19.8 Å². The SMILES string of the molecule is Cn1nc(C(F)(F)F)cc1S(=O)(=O)NCC1(C(=O)O)CCOCC1. The van der Waals surface area contributed by atoms with Crippen molar-refractivity contribution in [1.29, 1.82) is 0 Å². The van der Waals surface area contributed by atoms with Crippen molar-refractivity contribution in [3.8, 4) is 0 Å². The van der Waals surface area contributed by atoms with Crippen LogP contribution in [0.15, 0.2) is 11.1 Å². The van der Waals surface area contributed by atoms with E-state index in [4.69, 9.17) is 4.74 Å². The summed E-state index contributed by atoms with van der Waals surface area (Å²) >= 11 is 0. The fraction of sp³-hybridized carbons (Fsp3) is 0.667. The number of hydrogen-bond acceptors (Lipinski definition) is 5. The lowest BCUT2D eigenvalue weighted by atomic mass is 9.80. The van der Waals surface area contributed by atoms with Crippen LogP contribution in [0.5, 0.6) is 0 Å². The van der Waals surface area contributed by atoms with Gasteiger partial charge in [0.25, 0.3) is 10.0 Å². The van der Waals surface area contributed by atoms with E-state index >= 15 is 0 Å². The van der Waals surface area contributed by atoms with Crippen LogP contribution in [0.4, 0.5) is 13.2 Å². The lowest BCUT2D eigenvalue weighted by Crippen LogP contribution is -2.46. The molecule has 0 aliphatic carbocycles. The van der Waals surface area contributed by atoms with E-state index in [0.29, 0.717) is 10.7 Å². The molecule has 1 aromatic heterocycles. The molecule has 0 saturated carbocycles. The maximum Gasteiger partial charge on any atom is 0.435 e. The number of aryl methyl sites for hydroxylation is 1. The van der Waals surface area contributed by atoms with E-state index in [2.05, 4.69) is 9.82 Å². The minimum atomic E-state index is -4.78. The molecule has 0 atom stereocenters. The molecule has 1 aliphatic rings. The minimum absolute atomic E-state index is 0.101. The molecular weight excluding hydrogens is 355 g/mol. The van der Waals surface area contributed by atoms with Gasteiger partial charge in [-0.15, -0.1) is 0 Å². The van der Waals surface area contributed by atoms with Crippen molar-refractivity contribution in [3.05, 3.63) is 11.8 Å². The average molecular weight is 371 g/mol. The zero-order valence-electron chi connectivity index (χ0n) is 12.6. The Hall–Kier alpha value is -1.66. The van der Waals surface area contributed by atoms with Crippen molar-refractivity contribution < 1.29 is 36.2 Å². The Bertz CT molecular complexity index is 723. The number of nitrogens with zero attached hydrogens (tertiary/aromatic N) is 2. The van der Waals surface area contributed by atoms with Gasteiger partial charge >= 0.3 is 12.1 Å². The molecular formula is C12H16F3N3O5S. The number of aromatic nitrogens is 2. The number of ether oxygens (including phenoxy) is 1. The standard InChI is InChI=1S/C12H16F3N3O5S/c1-18-9(6-8(17-18)12(13,14)15)24(21,22)16-7-11(10(19)20)2-4-23-5-3-11/h6,16H,2-5,7H2,1H3,(H,19,20). The molecule has 0 radical (unpaired) electrons. The molecule has 0 bridgehead atoms. The number of aliphatic carboxylic acids is 1. The molecule has 24 heavy (non-hydrogen) atoms. The molecule has 1 aliphatic heterocycles. The zero-order valence-corrected chi connectivity index (χ0v) is 13.4. The maximum atomic E-state index is 12.6. The van der Waals surface area contributed by atoms with E-state index < -0.39 is 44.8 Å². The smallest absolute Gasteiger partial charge is 0.435 e. The van der Waals surface area contributed by atoms with Gasteiger partial charge in [-0.25, -0.2) is 13.1 Å². The van der Waals surface area contributed by atoms with Crippen LogP contribution in [0.3, 0.4) is 0 Å². The number of hydrogen-bond donors (Lipinski definition) is 2. The Kier molecular flexibility index (Phi) is 4.93. The number of carbonyl (C=O) groups is 1. The zero-order chi connectivity index (χ0) is 18.2. The van der Waals surface area contributed by atoms with E-state index in [0.717, 1.165) is 7.05 Å². The van der Waals surface area contributed by atoms with Crippen molar-refractivity contribution >= 4 is 16.0 Å². The first-order valence-corrected chi connectivity index (χ1v) is 8.38. The fourth-order valence-electron chi connectivity index (χ4n) is 2.38. The van der Waals surface area contributed by atoms with Crippen LogP contribution in [0.1, 0.15) is 18.5 Å². The Balaban J connectivity index is 2.22. The monoisotopic (exact) mass is 371 g/mol. The van der Waals surface area contributed by atoms with E-state index in [1.165, 1.54) is 0 Å². The first kappa shape index (κ1) is 18.7. The highest BCUT2D eigenvalue weighted by Gasteiger charge is 2.42. The highest BCUT2D eigenvalue weighted by Crippen LogP contribution is 2.32. The number of carboxylic acid groups (broad SMARTS) is 1. The highest BCUT2D eigenvalue weighted by atomic mass is 32.2. The molecule has 2 N–H and O–H groups in total. The van der Waals surface area contributed by atoms with E-state index in [-0.39, 0.29) is 26.1 Å². The number of sulfonamides is 1. The van der Waals surface area contributed by atoms with Crippen molar-refractivity contribution in [3.63, 3.8) is 0 Å². The van der Waals surface area contributed by atoms with Crippen LogP contribution in [0.2, 0.25) is 0 Å². The summed E-state index contributed by atoms with van der Waals surface area (Å²) in [7, 11) is -3.29. The Morgan fingerprint density at radius 2 is 2.04 bits per heavy atom. The summed E-state index contributed by atoms with van der Waals surface area (Å²) in [4.78, 5) is 11.5. The highest BCUT2D eigenvalue weighted by molar-refractivity contribution is 7.89. The van der Waals surface area contributed by atoms with Crippen LogP contribution in [0.25, 0.3) is 0 Å². The van der Waals surface area contributed by atoms with Gasteiger partial charge in [0.05, 0.1) is 5.41 Å². The molecule has 8 nitrogen and oxygen atoms in total.